The van der Waals surface area contributed by atoms with Crippen molar-refractivity contribution in [3.05, 3.63) is 51.2 Å². The highest BCUT2D eigenvalue weighted by molar-refractivity contribution is 6.29. The molecule has 0 spiro atoms. The maximum atomic E-state index is 13.0. The number of rotatable bonds is 8. The first-order valence-corrected chi connectivity index (χ1v) is 14.3. The number of aromatic amines is 1. The molecule has 224 valence electrons. The summed E-state index contributed by atoms with van der Waals surface area (Å²) in [5.74, 6) is 0.767. The molecule has 3 aliphatic rings. The molecule has 0 amide bonds. The van der Waals surface area contributed by atoms with Crippen molar-refractivity contribution in [1.29, 1.82) is 0 Å². The van der Waals surface area contributed by atoms with Gasteiger partial charge >= 0.3 is 0 Å². The van der Waals surface area contributed by atoms with Crippen molar-refractivity contribution < 1.29 is 9.52 Å². The maximum Gasteiger partial charge on any atom is 0.291 e. The predicted octanol–water partition coefficient (Wildman–Crippen LogP) is 2.23. The molecule has 0 aromatic carbocycles. The normalized spacial score (nSPS) is 21.7. The molecule has 41 heavy (non-hydrogen) atoms. The van der Waals surface area contributed by atoms with E-state index in [0.29, 0.717) is 24.9 Å². The topological polar surface area (TPSA) is 167 Å². The quantitative estimate of drug-likeness (QED) is 0.357. The number of allylic oxidation sites excluding steroid dienone is 4. The van der Waals surface area contributed by atoms with Crippen LogP contribution in [-0.2, 0) is 6.54 Å². The molecule has 4 heterocycles. The minimum absolute atomic E-state index is 0. The van der Waals surface area contributed by atoms with Crippen molar-refractivity contribution in [3.63, 3.8) is 0 Å². The molecule has 2 aliphatic heterocycles. The minimum Gasteiger partial charge on any atom is -0.418 e. The fourth-order valence-electron chi connectivity index (χ4n) is 5.98. The van der Waals surface area contributed by atoms with Crippen LogP contribution in [0.15, 0.2) is 44.1 Å². The van der Waals surface area contributed by atoms with E-state index in [1.165, 1.54) is 0 Å². The second-order valence-electron chi connectivity index (χ2n) is 10.5. The van der Waals surface area contributed by atoms with E-state index in [1.54, 1.807) is 0 Å². The van der Waals surface area contributed by atoms with Crippen LogP contribution in [0.3, 0.4) is 0 Å². The number of likely N-dealkylation sites (tertiary alicyclic amines) is 1. The van der Waals surface area contributed by atoms with Crippen molar-refractivity contribution in [2.75, 3.05) is 50.0 Å². The van der Waals surface area contributed by atoms with Crippen LogP contribution >= 0.6 is 11.6 Å². The van der Waals surface area contributed by atoms with Gasteiger partial charge in [0.2, 0.25) is 5.89 Å². The Morgan fingerprint density at radius 2 is 2.00 bits per heavy atom. The van der Waals surface area contributed by atoms with Crippen molar-refractivity contribution in [2.45, 2.75) is 64.7 Å². The third-order valence-corrected chi connectivity index (χ3v) is 8.41. The molecule has 1 unspecified atom stereocenters. The van der Waals surface area contributed by atoms with E-state index in [4.69, 9.17) is 27.5 Å². The van der Waals surface area contributed by atoms with E-state index in [0.717, 1.165) is 55.9 Å². The number of aliphatic hydroxyl groups is 1. The number of nitrogen functional groups attached to an aromatic ring is 1. The van der Waals surface area contributed by atoms with E-state index in [2.05, 4.69) is 49.0 Å². The molecule has 2 saturated heterocycles. The van der Waals surface area contributed by atoms with Crippen molar-refractivity contribution >= 4 is 23.2 Å². The standard InChI is InChI=1S/C27H38ClN9O3.CH4/c1-2-19-15-36(25-26(39)31-23(24(30)32-25)27-34-33-22(14-29)40-27)12-13-37(19)20-8-10-35(11-9-20)21(16-38)17-4-3-5-18(28)7-6-17;/h3-4,6-7,19-21,38H,2,5,8-16,29H2,1H3,(H2,30,32)(H,31,39);1H4/t19?,21-;/m0./s1. The van der Waals surface area contributed by atoms with E-state index in [1.807, 2.05) is 17.1 Å². The summed E-state index contributed by atoms with van der Waals surface area (Å²) in [6, 6.07) is 0.697. The Hall–Kier alpha value is -3.03. The lowest BCUT2D eigenvalue weighted by atomic mass is 9.95. The molecular formula is C28H42ClN9O3. The Kier molecular flexibility index (Phi) is 10.4. The summed E-state index contributed by atoms with van der Waals surface area (Å²) in [6.07, 6.45) is 11.8. The zero-order valence-electron chi connectivity index (χ0n) is 22.8. The first-order chi connectivity index (χ1) is 19.4. The van der Waals surface area contributed by atoms with Crippen LogP contribution in [0.4, 0.5) is 11.6 Å². The van der Waals surface area contributed by atoms with Gasteiger partial charge in [-0.1, -0.05) is 44.2 Å². The summed E-state index contributed by atoms with van der Waals surface area (Å²) in [6.45, 7) is 6.37. The SMILES string of the molecule is C.CCC1CN(c2nc(N)c(-c3nnc(CN)o3)[nH]c2=O)CCN1C1CCN([C@@H](CO)C2=CC=C(Cl)CC=C2)CC1. The number of halogens is 1. The average Bonchev–Trinajstić information content (AvgIpc) is 3.36. The summed E-state index contributed by atoms with van der Waals surface area (Å²) in [5, 5.41) is 18.7. The lowest BCUT2D eigenvalue weighted by Crippen LogP contribution is -2.59. The van der Waals surface area contributed by atoms with Gasteiger partial charge in [-0.2, -0.15) is 0 Å². The van der Waals surface area contributed by atoms with Gasteiger partial charge in [0.25, 0.3) is 11.4 Å². The van der Waals surface area contributed by atoms with Crippen molar-refractivity contribution in [2.24, 2.45) is 5.73 Å². The van der Waals surface area contributed by atoms with Crippen LogP contribution < -0.4 is 21.9 Å². The molecular weight excluding hydrogens is 546 g/mol. The lowest BCUT2D eigenvalue weighted by molar-refractivity contribution is 0.0444. The second-order valence-corrected chi connectivity index (χ2v) is 10.9. The number of nitrogens with two attached hydrogens (primary N) is 2. The van der Waals surface area contributed by atoms with Crippen LogP contribution in [0.2, 0.25) is 0 Å². The Morgan fingerprint density at radius 1 is 1.22 bits per heavy atom. The van der Waals surface area contributed by atoms with Crippen LogP contribution in [0.25, 0.3) is 11.6 Å². The molecule has 0 radical (unpaired) electrons. The van der Waals surface area contributed by atoms with E-state index < -0.39 is 0 Å². The number of piperidine rings is 1. The van der Waals surface area contributed by atoms with Gasteiger partial charge in [-0.05, 0) is 30.9 Å². The fraction of sp³-hybridized carbons (Fsp3) is 0.571. The highest BCUT2D eigenvalue weighted by Gasteiger charge is 2.35. The van der Waals surface area contributed by atoms with Gasteiger partial charge in [0.05, 0.1) is 19.2 Å². The predicted molar refractivity (Wildman–Crippen MR) is 161 cm³/mol. The Balaban J connectivity index is 0.00000387. The number of hydrogen-bond acceptors (Lipinski definition) is 11. The summed E-state index contributed by atoms with van der Waals surface area (Å²) in [4.78, 5) is 27.2. The molecule has 2 fully saturated rings. The van der Waals surface area contributed by atoms with E-state index in [9.17, 15) is 9.90 Å². The molecule has 2 aromatic heterocycles. The van der Waals surface area contributed by atoms with Gasteiger partial charge in [-0.3, -0.25) is 14.6 Å². The van der Waals surface area contributed by atoms with E-state index in [-0.39, 0.29) is 61.5 Å². The number of piperazine rings is 1. The Bertz CT molecular complexity index is 1330. The number of anilines is 2. The smallest absolute Gasteiger partial charge is 0.291 e. The molecule has 13 heteroatoms. The summed E-state index contributed by atoms with van der Waals surface area (Å²) in [5.41, 5.74) is 12.7. The second kappa shape index (κ2) is 13.8. The number of nitrogens with zero attached hydrogens (tertiary/aromatic N) is 6. The zero-order valence-corrected chi connectivity index (χ0v) is 23.6. The number of H-pyrrole nitrogens is 1. The molecule has 6 N–H and O–H groups in total. The van der Waals surface area contributed by atoms with Gasteiger partial charge in [-0.25, -0.2) is 4.98 Å². The van der Waals surface area contributed by atoms with Crippen LogP contribution in [0.1, 0.15) is 45.9 Å². The van der Waals surface area contributed by atoms with Gasteiger partial charge < -0.3 is 30.9 Å². The summed E-state index contributed by atoms with van der Waals surface area (Å²) in [7, 11) is 0. The molecule has 2 aromatic rings. The largest absolute Gasteiger partial charge is 0.418 e. The van der Waals surface area contributed by atoms with Gasteiger partial charge in [0.15, 0.2) is 11.6 Å². The summed E-state index contributed by atoms with van der Waals surface area (Å²) >= 11 is 6.20. The molecule has 0 bridgehead atoms. The molecule has 2 atom stereocenters. The fourth-order valence-corrected chi connectivity index (χ4v) is 6.13. The molecule has 0 saturated carbocycles. The molecule has 1 aliphatic carbocycles. The van der Waals surface area contributed by atoms with Crippen molar-refractivity contribution in [3.8, 4) is 11.6 Å². The highest BCUT2D eigenvalue weighted by Crippen LogP contribution is 2.28. The monoisotopic (exact) mass is 587 g/mol. The number of aromatic nitrogens is 4. The number of nitrogens with one attached hydrogen (secondary N) is 1. The number of hydrogen-bond donors (Lipinski definition) is 4. The van der Waals surface area contributed by atoms with Crippen molar-refractivity contribution in [1.82, 2.24) is 30.0 Å². The van der Waals surface area contributed by atoms with Gasteiger partial charge in [0, 0.05) is 56.3 Å². The van der Waals surface area contributed by atoms with Gasteiger partial charge in [0.1, 0.15) is 5.69 Å². The van der Waals surface area contributed by atoms with Crippen LogP contribution in [-0.4, -0.2) is 92.5 Å². The Morgan fingerprint density at radius 3 is 2.68 bits per heavy atom. The first-order valence-electron chi connectivity index (χ1n) is 13.9. The van der Waals surface area contributed by atoms with Crippen LogP contribution in [0.5, 0.6) is 0 Å². The average molecular weight is 588 g/mol. The first kappa shape index (κ1) is 30.9. The molecule has 12 nitrogen and oxygen atoms in total. The zero-order chi connectivity index (χ0) is 28.2. The summed E-state index contributed by atoms with van der Waals surface area (Å²) < 4.78 is 5.44. The number of aliphatic hydroxyl groups excluding tert-OH is 1. The van der Waals surface area contributed by atoms with Gasteiger partial charge in [-0.15, -0.1) is 10.2 Å². The maximum absolute atomic E-state index is 13.0. The lowest BCUT2D eigenvalue weighted by Gasteiger charge is -2.48. The minimum atomic E-state index is -0.346. The third kappa shape index (κ3) is 6.73. The van der Waals surface area contributed by atoms with Crippen LogP contribution in [0, 0.1) is 0 Å². The molecule has 5 rings (SSSR count). The Labute approximate surface area is 245 Å². The highest BCUT2D eigenvalue weighted by atomic mass is 35.5. The third-order valence-electron chi connectivity index (χ3n) is 8.12. The van der Waals surface area contributed by atoms with E-state index >= 15 is 0 Å².